The maximum Gasteiger partial charge on any atom is 0.265 e. The SMILES string of the molecule is CC1(C)[C@@H]2CC[C@]1(CS(=O)(=O)O)C(=O)C2.COC[C@@H](N)C(=O)NCc1ccccc1. The molecular weight excluding hydrogens is 408 g/mol. The van der Waals surface area contributed by atoms with Gasteiger partial charge in [-0.3, -0.25) is 14.1 Å². The molecule has 0 saturated heterocycles. The van der Waals surface area contributed by atoms with E-state index in [1.54, 1.807) is 0 Å². The minimum Gasteiger partial charge on any atom is -0.383 e. The van der Waals surface area contributed by atoms with Gasteiger partial charge in [0.15, 0.2) is 0 Å². The van der Waals surface area contributed by atoms with E-state index in [-0.39, 0.29) is 29.6 Å². The molecule has 9 heteroatoms. The number of methoxy groups -OCH3 is 1. The van der Waals surface area contributed by atoms with E-state index < -0.39 is 27.3 Å². The maximum atomic E-state index is 11.9. The topological polar surface area (TPSA) is 136 Å². The molecule has 0 aliphatic heterocycles. The number of ketones is 1. The molecule has 2 saturated carbocycles. The van der Waals surface area contributed by atoms with Gasteiger partial charge >= 0.3 is 0 Å². The van der Waals surface area contributed by atoms with E-state index in [1.807, 2.05) is 44.2 Å². The van der Waals surface area contributed by atoms with E-state index in [4.69, 9.17) is 15.0 Å². The van der Waals surface area contributed by atoms with Gasteiger partial charge in [-0.2, -0.15) is 8.42 Å². The quantitative estimate of drug-likeness (QED) is 0.547. The first-order chi connectivity index (χ1) is 13.9. The number of carbonyl (C=O) groups excluding carboxylic acids is 2. The van der Waals surface area contributed by atoms with Crippen molar-refractivity contribution in [3.05, 3.63) is 35.9 Å². The number of nitrogens with one attached hydrogen (secondary N) is 1. The first kappa shape index (κ1) is 24.5. The molecule has 0 radical (unpaired) electrons. The Labute approximate surface area is 178 Å². The lowest BCUT2D eigenvalue weighted by atomic mass is 9.70. The Morgan fingerprint density at radius 1 is 1.33 bits per heavy atom. The largest absolute Gasteiger partial charge is 0.383 e. The number of nitrogens with two attached hydrogens (primary N) is 1. The molecule has 2 bridgehead atoms. The Hall–Kier alpha value is -1.81. The number of rotatable bonds is 7. The van der Waals surface area contributed by atoms with Crippen LogP contribution in [0.4, 0.5) is 0 Å². The second-order valence-electron chi connectivity index (χ2n) is 8.66. The average molecular weight is 441 g/mol. The number of hydrogen-bond acceptors (Lipinski definition) is 6. The first-order valence-electron chi connectivity index (χ1n) is 9.97. The smallest absolute Gasteiger partial charge is 0.265 e. The molecule has 30 heavy (non-hydrogen) atoms. The Bertz CT molecular complexity index is 856. The summed E-state index contributed by atoms with van der Waals surface area (Å²) in [6.45, 7) is 4.62. The molecule has 2 aliphatic carbocycles. The minimum absolute atomic E-state index is 0.0152. The van der Waals surface area contributed by atoms with Gasteiger partial charge in [0.25, 0.3) is 10.1 Å². The Morgan fingerprint density at radius 3 is 2.43 bits per heavy atom. The summed E-state index contributed by atoms with van der Waals surface area (Å²) in [6.07, 6.45) is 1.97. The first-order valence-corrected chi connectivity index (χ1v) is 11.6. The highest BCUT2D eigenvalue weighted by atomic mass is 32.2. The lowest BCUT2D eigenvalue weighted by Gasteiger charge is -2.35. The highest BCUT2D eigenvalue weighted by Gasteiger charge is 2.65. The summed E-state index contributed by atoms with van der Waals surface area (Å²) in [7, 11) is -2.56. The summed E-state index contributed by atoms with van der Waals surface area (Å²) < 4.78 is 35.8. The molecule has 1 aromatic carbocycles. The number of benzene rings is 1. The number of Topliss-reactive ketones (excluding diaryl/α,β-unsaturated/α-hetero) is 1. The molecule has 1 amide bonds. The summed E-state index contributed by atoms with van der Waals surface area (Å²) in [5.74, 6) is -0.295. The van der Waals surface area contributed by atoms with Crippen LogP contribution in [0.2, 0.25) is 0 Å². The van der Waals surface area contributed by atoms with Gasteiger partial charge in [-0.15, -0.1) is 0 Å². The zero-order valence-corrected chi connectivity index (χ0v) is 18.6. The molecule has 8 nitrogen and oxygen atoms in total. The third-order valence-corrected chi connectivity index (χ3v) is 7.42. The van der Waals surface area contributed by atoms with Crippen molar-refractivity contribution < 1.29 is 27.3 Å². The predicted octanol–water partition coefficient (Wildman–Crippen LogP) is 1.55. The fraction of sp³-hybridized carbons (Fsp3) is 0.619. The fourth-order valence-electron chi connectivity index (χ4n) is 4.59. The number of carbonyl (C=O) groups is 2. The number of fused-ring (bicyclic) bond motifs is 2. The Morgan fingerprint density at radius 2 is 1.97 bits per heavy atom. The molecule has 0 heterocycles. The molecule has 1 aromatic rings. The van der Waals surface area contributed by atoms with E-state index >= 15 is 0 Å². The van der Waals surface area contributed by atoms with Crippen LogP contribution in [-0.4, -0.2) is 50.2 Å². The molecule has 0 aromatic heterocycles. The van der Waals surface area contributed by atoms with Crippen LogP contribution in [0.15, 0.2) is 30.3 Å². The monoisotopic (exact) mass is 440 g/mol. The van der Waals surface area contributed by atoms with E-state index in [0.717, 1.165) is 12.0 Å². The number of amides is 1. The maximum absolute atomic E-state index is 11.9. The Balaban J connectivity index is 0.000000214. The van der Waals surface area contributed by atoms with Crippen LogP contribution >= 0.6 is 0 Å². The summed E-state index contributed by atoms with van der Waals surface area (Å²) in [5.41, 5.74) is 5.49. The van der Waals surface area contributed by atoms with Gasteiger partial charge in [-0.05, 0) is 29.7 Å². The van der Waals surface area contributed by atoms with Gasteiger partial charge in [-0.1, -0.05) is 44.2 Å². The van der Waals surface area contributed by atoms with Crippen molar-refractivity contribution in [1.82, 2.24) is 5.32 Å². The average Bonchev–Trinajstić information content (AvgIpc) is 3.00. The van der Waals surface area contributed by atoms with Gasteiger partial charge in [0.05, 0.1) is 17.8 Å². The van der Waals surface area contributed by atoms with E-state index in [9.17, 15) is 18.0 Å². The second kappa shape index (κ2) is 9.55. The van der Waals surface area contributed by atoms with Crippen LogP contribution in [0.5, 0.6) is 0 Å². The van der Waals surface area contributed by atoms with E-state index in [1.165, 1.54) is 7.11 Å². The van der Waals surface area contributed by atoms with Gasteiger partial charge < -0.3 is 15.8 Å². The summed E-state index contributed by atoms with van der Waals surface area (Å²) in [4.78, 5) is 23.3. The molecular formula is C21H32N2O6S. The molecule has 3 atom stereocenters. The molecule has 2 fully saturated rings. The van der Waals surface area contributed by atoms with Crippen molar-refractivity contribution in [2.75, 3.05) is 19.5 Å². The molecule has 0 spiro atoms. The van der Waals surface area contributed by atoms with Crippen LogP contribution in [0.3, 0.4) is 0 Å². The van der Waals surface area contributed by atoms with Crippen LogP contribution in [0.1, 0.15) is 38.7 Å². The van der Waals surface area contributed by atoms with Crippen molar-refractivity contribution in [2.45, 2.75) is 45.7 Å². The number of hydrogen-bond donors (Lipinski definition) is 3. The predicted molar refractivity (Wildman–Crippen MR) is 113 cm³/mol. The van der Waals surface area contributed by atoms with Crippen molar-refractivity contribution in [3.8, 4) is 0 Å². The molecule has 4 N–H and O–H groups in total. The lowest BCUT2D eigenvalue weighted by molar-refractivity contribution is -0.128. The Kier molecular flexibility index (Phi) is 7.79. The summed E-state index contributed by atoms with van der Waals surface area (Å²) >= 11 is 0. The highest BCUT2D eigenvalue weighted by Crippen LogP contribution is 2.64. The van der Waals surface area contributed by atoms with E-state index in [2.05, 4.69) is 5.32 Å². The summed E-state index contributed by atoms with van der Waals surface area (Å²) in [5, 5.41) is 2.74. The second-order valence-corrected chi connectivity index (χ2v) is 10.1. The lowest BCUT2D eigenvalue weighted by Crippen LogP contribution is -2.43. The molecule has 168 valence electrons. The van der Waals surface area contributed by atoms with Gasteiger partial charge in [0.2, 0.25) is 5.91 Å². The highest BCUT2D eigenvalue weighted by molar-refractivity contribution is 7.85. The standard InChI is InChI=1S/C11H16N2O2.C10H16O4S/c1-15-8-10(12)11(14)13-7-9-5-3-2-4-6-9;1-9(2)7-3-4-10(9,8(11)5-7)6-15(12,13)14/h2-6,10H,7-8,12H2,1H3,(H,13,14);7H,3-6H2,1-2H3,(H,12,13,14)/t10-;7-,10+/m11/s1. The van der Waals surface area contributed by atoms with Gasteiger partial charge in [0.1, 0.15) is 11.8 Å². The zero-order chi connectivity index (χ0) is 22.6. The third-order valence-electron chi connectivity index (χ3n) is 6.56. The van der Waals surface area contributed by atoms with Gasteiger partial charge in [-0.25, -0.2) is 0 Å². The minimum atomic E-state index is -4.08. The third kappa shape index (κ3) is 5.46. The van der Waals surface area contributed by atoms with Crippen LogP contribution in [0.25, 0.3) is 0 Å². The van der Waals surface area contributed by atoms with Crippen LogP contribution in [-0.2, 0) is 31.0 Å². The van der Waals surface area contributed by atoms with Crippen molar-refractivity contribution in [2.24, 2.45) is 22.5 Å². The summed E-state index contributed by atoms with van der Waals surface area (Å²) in [6, 6.07) is 9.08. The molecule has 2 aliphatic rings. The van der Waals surface area contributed by atoms with Gasteiger partial charge in [0, 0.05) is 20.1 Å². The van der Waals surface area contributed by atoms with Crippen molar-refractivity contribution in [3.63, 3.8) is 0 Å². The fourth-order valence-corrected chi connectivity index (χ4v) is 5.89. The van der Waals surface area contributed by atoms with Crippen LogP contribution in [0, 0.1) is 16.7 Å². The molecule has 0 unspecified atom stereocenters. The van der Waals surface area contributed by atoms with Crippen LogP contribution < -0.4 is 11.1 Å². The number of ether oxygens (including phenoxy) is 1. The van der Waals surface area contributed by atoms with E-state index in [0.29, 0.717) is 19.4 Å². The van der Waals surface area contributed by atoms with Crippen molar-refractivity contribution in [1.29, 1.82) is 0 Å². The molecule has 3 rings (SSSR count). The zero-order valence-electron chi connectivity index (χ0n) is 17.8. The normalized spacial score (nSPS) is 25.4. The van der Waals surface area contributed by atoms with Crippen molar-refractivity contribution >= 4 is 21.8 Å².